The van der Waals surface area contributed by atoms with Gasteiger partial charge in [-0.2, -0.15) is 5.10 Å². The monoisotopic (exact) mass is 503 g/mol. The number of pyridine rings is 1. The average molecular weight is 504 g/mol. The molecule has 6 rings (SSSR count). The maximum absolute atomic E-state index is 13.6. The lowest BCUT2D eigenvalue weighted by molar-refractivity contribution is -0.133. The molecule has 196 valence electrons. The number of ether oxygens (including phenoxy) is 2. The molecule has 37 heavy (non-hydrogen) atoms. The number of aryl methyl sites for hydroxylation is 4. The zero-order chi connectivity index (χ0) is 25.2. The summed E-state index contributed by atoms with van der Waals surface area (Å²) in [7, 11) is 0. The van der Waals surface area contributed by atoms with E-state index in [0.717, 1.165) is 68.0 Å². The van der Waals surface area contributed by atoms with Gasteiger partial charge in [0.1, 0.15) is 5.82 Å². The van der Waals surface area contributed by atoms with Crippen LogP contribution >= 0.6 is 0 Å². The van der Waals surface area contributed by atoms with Gasteiger partial charge in [0.25, 0.3) is 0 Å². The molecule has 8 nitrogen and oxygen atoms in total. The van der Waals surface area contributed by atoms with E-state index in [1.54, 1.807) is 0 Å². The number of benzene rings is 1. The highest BCUT2D eigenvalue weighted by Gasteiger charge is 2.26. The smallest absolute Gasteiger partial charge is 0.224 e. The van der Waals surface area contributed by atoms with Crippen LogP contribution in [-0.4, -0.2) is 71.1 Å². The van der Waals surface area contributed by atoms with Gasteiger partial charge in [-0.05, 0) is 74.4 Å². The molecule has 3 aromatic rings. The Balaban J connectivity index is 1.31. The van der Waals surface area contributed by atoms with Crippen LogP contribution in [0, 0.1) is 6.92 Å². The quantitative estimate of drug-likeness (QED) is 0.467. The molecule has 8 heteroatoms. The number of hydrogen-bond acceptors (Lipinski definition) is 6. The van der Waals surface area contributed by atoms with Gasteiger partial charge < -0.3 is 19.3 Å². The first-order valence-corrected chi connectivity index (χ1v) is 13.8. The molecule has 1 amide bonds. The molecule has 2 aromatic heterocycles. The Bertz CT molecular complexity index is 1260. The lowest BCUT2D eigenvalue weighted by Crippen LogP contribution is -2.40. The first-order valence-electron chi connectivity index (χ1n) is 13.8. The van der Waals surface area contributed by atoms with Crippen LogP contribution in [0.25, 0.3) is 10.9 Å². The van der Waals surface area contributed by atoms with Crippen molar-refractivity contribution in [3.05, 3.63) is 52.8 Å². The highest BCUT2D eigenvalue weighted by molar-refractivity contribution is 5.84. The van der Waals surface area contributed by atoms with Gasteiger partial charge in [-0.1, -0.05) is 0 Å². The summed E-state index contributed by atoms with van der Waals surface area (Å²) < 4.78 is 13.4. The van der Waals surface area contributed by atoms with Crippen molar-refractivity contribution in [2.45, 2.75) is 64.6 Å². The van der Waals surface area contributed by atoms with Crippen LogP contribution in [0.15, 0.2) is 30.5 Å². The van der Waals surface area contributed by atoms with E-state index >= 15 is 0 Å². The minimum atomic E-state index is 0.0967. The van der Waals surface area contributed by atoms with Crippen LogP contribution < -0.4 is 4.90 Å². The van der Waals surface area contributed by atoms with E-state index in [4.69, 9.17) is 14.5 Å². The maximum Gasteiger partial charge on any atom is 0.224 e. The van der Waals surface area contributed by atoms with E-state index in [1.807, 2.05) is 28.8 Å². The molecule has 1 unspecified atom stereocenters. The second-order valence-electron chi connectivity index (χ2n) is 10.6. The molecular weight excluding hydrogens is 466 g/mol. The van der Waals surface area contributed by atoms with Crippen molar-refractivity contribution in [1.29, 1.82) is 0 Å². The first kappa shape index (κ1) is 24.4. The van der Waals surface area contributed by atoms with Crippen molar-refractivity contribution >= 4 is 22.6 Å². The molecule has 2 saturated heterocycles. The molecule has 0 N–H and O–H groups in total. The van der Waals surface area contributed by atoms with Gasteiger partial charge in [-0.25, -0.2) is 4.98 Å². The van der Waals surface area contributed by atoms with E-state index < -0.39 is 0 Å². The molecular formula is C29H37N5O3. The number of amides is 1. The van der Waals surface area contributed by atoms with Crippen molar-refractivity contribution in [3.8, 4) is 0 Å². The Morgan fingerprint density at radius 3 is 2.70 bits per heavy atom. The highest BCUT2D eigenvalue weighted by Crippen LogP contribution is 2.31. The number of hydrogen-bond donors (Lipinski definition) is 0. The summed E-state index contributed by atoms with van der Waals surface area (Å²) >= 11 is 0. The van der Waals surface area contributed by atoms with Crippen LogP contribution in [-0.2, 0) is 40.2 Å². The fourth-order valence-electron chi connectivity index (χ4n) is 5.90. The van der Waals surface area contributed by atoms with Gasteiger partial charge in [-0.3, -0.25) is 9.48 Å². The molecule has 2 fully saturated rings. The maximum atomic E-state index is 13.6. The summed E-state index contributed by atoms with van der Waals surface area (Å²) in [4.78, 5) is 23.1. The average Bonchev–Trinajstić information content (AvgIpc) is 3.68. The second-order valence-corrected chi connectivity index (χ2v) is 10.6. The minimum absolute atomic E-state index is 0.0967. The third kappa shape index (κ3) is 5.50. The van der Waals surface area contributed by atoms with Gasteiger partial charge in [0.2, 0.25) is 5.91 Å². The van der Waals surface area contributed by atoms with Crippen LogP contribution in [0.4, 0.5) is 5.82 Å². The molecule has 3 aliphatic rings. The van der Waals surface area contributed by atoms with E-state index in [9.17, 15) is 4.79 Å². The van der Waals surface area contributed by atoms with Crippen molar-refractivity contribution in [2.75, 3.05) is 44.4 Å². The molecule has 1 aliphatic carbocycles. The van der Waals surface area contributed by atoms with Crippen LogP contribution in [0.5, 0.6) is 0 Å². The predicted octanol–water partition coefficient (Wildman–Crippen LogP) is 3.66. The Morgan fingerprint density at radius 2 is 1.95 bits per heavy atom. The fraction of sp³-hybridized carbons (Fsp3) is 0.552. The van der Waals surface area contributed by atoms with E-state index in [0.29, 0.717) is 39.3 Å². The van der Waals surface area contributed by atoms with Crippen molar-refractivity contribution < 1.29 is 14.3 Å². The van der Waals surface area contributed by atoms with Gasteiger partial charge in [0, 0.05) is 62.9 Å². The number of aromatic nitrogens is 3. The lowest BCUT2D eigenvalue weighted by atomic mass is 10.0. The Kier molecular flexibility index (Phi) is 7.11. The number of carbonyl (C=O) groups is 1. The van der Waals surface area contributed by atoms with Crippen molar-refractivity contribution in [1.82, 2.24) is 19.7 Å². The normalized spacial score (nSPS) is 19.5. The number of rotatable bonds is 8. The molecule has 0 spiro atoms. The van der Waals surface area contributed by atoms with Gasteiger partial charge in [0.15, 0.2) is 0 Å². The number of morpholine rings is 1. The second kappa shape index (κ2) is 10.8. The van der Waals surface area contributed by atoms with Crippen LogP contribution in [0.2, 0.25) is 0 Å². The summed E-state index contributed by atoms with van der Waals surface area (Å²) in [6.07, 6.45) is 8.00. The third-order valence-corrected chi connectivity index (χ3v) is 7.89. The largest absolute Gasteiger partial charge is 0.378 e. The van der Waals surface area contributed by atoms with E-state index in [1.165, 1.54) is 22.9 Å². The SMILES string of the molecule is Cc1ccn(CCC(=O)N(Cc2cc3cc4c(cc3nc2N2CCOCC2)CCC4)CC2CCCO2)n1. The molecule has 0 saturated carbocycles. The highest BCUT2D eigenvalue weighted by atomic mass is 16.5. The standard InChI is InChI=1S/C29H37N5O3/c1-21-7-9-34(31-21)10-8-28(35)33(20-26-6-3-13-37-26)19-25-17-24-16-22-4-2-5-23(22)18-27(24)30-29(25)32-11-14-36-15-12-32/h7,9,16-18,26H,2-6,8,10-15,19-20H2,1H3. The predicted molar refractivity (Wildman–Crippen MR) is 143 cm³/mol. The molecule has 1 aromatic carbocycles. The molecule has 4 heterocycles. The summed E-state index contributed by atoms with van der Waals surface area (Å²) in [6.45, 7) is 7.50. The van der Waals surface area contributed by atoms with Crippen molar-refractivity contribution in [2.24, 2.45) is 0 Å². The minimum Gasteiger partial charge on any atom is -0.378 e. The van der Waals surface area contributed by atoms with Gasteiger partial charge in [-0.15, -0.1) is 0 Å². The summed E-state index contributed by atoms with van der Waals surface area (Å²) in [5, 5.41) is 5.63. The first-order chi connectivity index (χ1) is 18.1. The molecule has 2 aliphatic heterocycles. The zero-order valence-electron chi connectivity index (χ0n) is 21.8. The number of nitrogens with zero attached hydrogens (tertiary/aromatic N) is 5. The Labute approximate surface area is 218 Å². The van der Waals surface area contributed by atoms with E-state index in [-0.39, 0.29) is 12.0 Å². The third-order valence-electron chi connectivity index (χ3n) is 7.89. The lowest BCUT2D eigenvalue weighted by Gasteiger charge is -2.32. The van der Waals surface area contributed by atoms with Crippen LogP contribution in [0.3, 0.4) is 0 Å². The molecule has 0 bridgehead atoms. The number of fused-ring (bicyclic) bond motifs is 2. The van der Waals surface area contributed by atoms with E-state index in [2.05, 4.69) is 28.2 Å². The zero-order valence-corrected chi connectivity index (χ0v) is 21.8. The van der Waals surface area contributed by atoms with Gasteiger partial charge >= 0.3 is 0 Å². The van der Waals surface area contributed by atoms with Gasteiger partial charge in [0.05, 0.1) is 30.5 Å². The van der Waals surface area contributed by atoms with Crippen molar-refractivity contribution in [3.63, 3.8) is 0 Å². The summed E-state index contributed by atoms with van der Waals surface area (Å²) in [5.74, 6) is 1.12. The molecule has 1 atom stereocenters. The Morgan fingerprint density at radius 1 is 1.11 bits per heavy atom. The Hall–Kier alpha value is -2.97. The summed E-state index contributed by atoms with van der Waals surface area (Å²) in [5.41, 5.74) is 6.00. The topological polar surface area (TPSA) is 72.7 Å². The number of anilines is 1. The number of carbonyl (C=O) groups excluding carboxylic acids is 1. The fourth-order valence-corrected chi connectivity index (χ4v) is 5.90. The van der Waals surface area contributed by atoms with Crippen LogP contribution in [0.1, 0.15) is 48.1 Å². The summed E-state index contributed by atoms with van der Waals surface area (Å²) in [6, 6.07) is 8.86. The molecule has 0 radical (unpaired) electrons.